The van der Waals surface area contributed by atoms with Crippen LogP contribution >= 0.6 is 0 Å². The Labute approximate surface area is 107 Å². The maximum Gasteiger partial charge on any atom is 0.371 e. The van der Waals surface area contributed by atoms with Gasteiger partial charge in [0, 0.05) is 6.07 Å². The van der Waals surface area contributed by atoms with Gasteiger partial charge < -0.3 is 19.4 Å². The van der Waals surface area contributed by atoms with Crippen molar-refractivity contribution >= 4 is 16.9 Å². The number of aliphatic hydroxyl groups excluding tert-OH is 1. The van der Waals surface area contributed by atoms with Crippen molar-refractivity contribution in [3.63, 3.8) is 0 Å². The molecule has 2 N–H and O–H groups in total. The average Bonchev–Trinajstić information content (AvgIpc) is 2.36. The molecule has 1 aromatic heterocycles. The summed E-state index contributed by atoms with van der Waals surface area (Å²) in [5, 5.41) is 18.1. The molecule has 0 saturated heterocycles. The number of fused-ring (bicyclic) bond motifs is 1. The second-order valence-corrected chi connectivity index (χ2v) is 4.10. The summed E-state index contributed by atoms with van der Waals surface area (Å²) in [6, 6.07) is 5.37. The van der Waals surface area contributed by atoms with Crippen molar-refractivity contribution in [1.82, 2.24) is 0 Å². The molecule has 0 aliphatic carbocycles. The predicted molar refractivity (Wildman–Crippen MR) is 66.6 cm³/mol. The Bertz CT molecular complexity index is 670. The maximum atomic E-state index is 11.8. The maximum absolute atomic E-state index is 11.8. The van der Waals surface area contributed by atoms with Crippen molar-refractivity contribution in [2.24, 2.45) is 0 Å². The molecule has 0 saturated carbocycles. The van der Waals surface area contributed by atoms with Crippen molar-refractivity contribution in [3.8, 4) is 5.75 Å². The van der Waals surface area contributed by atoms with Crippen molar-refractivity contribution < 1.29 is 24.2 Å². The van der Waals surface area contributed by atoms with Crippen molar-refractivity contribution in [3.05, 3.63) is 40.2 Å². The summed E-state index contributed by atoms with van der Waals surface area (Å²) in [5.74, 6) is -1.30. The number of ether oxygens (including phenoxy) is 1. The number of hydrogen-bond acceptors (Lipinski definition) is 5. The summed E-state index contributed by atoms with van der Waals surface area (Å²) in [5.41, 5.74) is -0.282. The summed E-state index contributed by atoms with van der Waals surface area (Å²) < 4.78 is 10.3. The minimum Gasteiger partial charge on any atom is -0.491 e. The van der Waals surface area contributed by atoms with Gasteiger partial charge >= 0.3 is 5.97 Å². The molecule has 6 nitrogen and oxygen atoms in total. The summed E-state index contributed by atoms with van der Waals surface area (Å²) in [4.78, 5) is 22.5. The molecule has 2 aromatic rings. The zero-order chi connectivity index (χ0) is 14.0. The van der Waals surface area contributed by atoms with Crippen LogP contribution in [-0.2, 0) is 0 Å². The Balaban J connectivity index is 2.44. The first-order chi connectivity index (χ1) is 8.97. The van der Waals surface area contributed by atoms with Crippen LogP contribution in [0.5, 0.6) is 5.75 Å². The smallest absolute Gasteiger partial charge is 0.371 e. The van der Waals surface area contributed by atoms with Gasteiger partial charge in [0.1, 0.15) is 17.9 Å². The number of hydrogen-bond donors (Lipinski definition) is 2. The van der Waals surface area contributed by atoms with Gasteiger partial charge in [-0.15, -0.1) is 0 Å². The number of aliphatic hydroxyl groups is 1. The number of rotatable bonds is 4. The molecule has 0 aliphatic heterocycles. The van der Waals surface area contributed by atoms with Gasteiger partial charge in [-0.25, -0.2) is 4.79 Å². The predicted octanol–water partition coefficient (Wildman–Crippen LogP) is 1.25. The van der Waals surface area contributed by atoms with E-state index in [-0.39, 0.29) is 17.6 Å². The third kappa shape index (κ3) is 2.92. The van der Waals surface area contributed by atoms with E-state index in [1.807, 2.05) is 0 Å². The van der Waals surface area contributed by atoms with Crippen LogP contribution in [0.25, 0.3) is 11.0 Å². The first-order valence-corrected chi connectivity index (χ1v) is 5.59. The molecule has 2 rings (SSSR count). The van der Waals surface area contributed by atoms with Gasteiger partial charge in [0.2, 0.25) is 5.76 Å². The molecule has 1 aromatic carbocycles. The number of benzene rings is 1. The van der Waals surface area contributed by atoms with Crippen LogP contribution in [0.3, 0.4) is 0 Å². The minimum absolute atomic E-state index is 0.101. The molecule has 1 unspecified atom stereocenters. The van der Waals surface area contributed by atoms with Gasteiger partial charge in [-0.3, -0.25) is 4.79 Å². The normalized spacial score (nSPS) is 12.3. The summed E-state index contributed by atoms with van der Waals surface area (Å²) >= 11 is 0. The molecular weight excluding hydrogens is 252 g/mol. The molecule has 0 bridgehead atoms. The molecule has 19 heavy (non-hydrogen) atoms. The lowest BCUT2D eigenvalue weighted by Crippen LogP contribution is -2.13. The van der Waals surface area contributed by atoms with E-state index in [1.54, 1.807) is 13.0 Å². The number of aromatic carboxylic acids is 1. The van der Waals surface area contributed by atoms with Crippen LogP contribution in [0.4, 0.5) is 0 Å². The highest BCUT2D eigenvalue weighted by Gasteiger charge is 2.11. The van der Waals surface area contributed by atoms with E-state index < -0.39 is 23.3 Å². The number of carboxylic acids is 1. The SMILES string of the molecule is CC(O)COc1ccc2oc(C(=O)O)cc(=O)c2c1. The molecule has 100 valence electrons. The van der Waals surface area contributed by atoms with Gasteiger partial charge in [-0.2, -0.15) is 0 Å². The molecule has 6 heteroatoms. The number of carboxylic acid groups (broad SMARTS) is 1. The Morgan fingerprint density at radius 1 is 1.42 bits per heavy atom. The monoisotopic (exact) mass is 264 g/mol. The molecule has 1 heterocycles. The first-order valence-electron chi connectivity index (χ1n) is 5.59. The lowest BCUT2D eigenvalue weighted by molar-refractivity contribution is 0.0663. The molecular formula is C13H12O6. The topological polar surface area (TPSA) is 97.0 Å². The van der Waals surface area contributed by atoms with Crippen LogP contribution in [0.15, 0.2) is 33.5 Å². The van der Waals surface area contributed by atoms with Gasteiger partial charge in [0.15, 0.2) is 5.43 Å². The van der Waals surface area contributed by atoms with E-state index in [0.717, 1.165) is 6.07 Å². The lowest BCUT2D eigenvalue weighted by atomic mass is 10.2. The van der Waals surface area contributed by atoms with Gasteiger partial charge in [0.05, 0.1) is 11.5 Å². The van der Waals surface area contributed by atoms with Crippen molar-refractivity contribution in [1.29, 1.82) is 0 Å². The third-order valence-electron chi connectivity index (χ3n) is 2.40. The molecule has 0 aliphatic rings. The third-order valence-corrected chi connectivity index (χ3v) is 2.40. The second kappa shape index (κ2) is 5.11. The van der Waals surface area contributed by atoms with E-state index in [4.69, 9.17) is 19.4 Å². The Hall–Kier alpha value is -2.34. The van der Waals surface area contributed by atoms with Crippen LogP contribution in [0, 0.1) is 0 Å². The molecule has 0 amide bonds. The van der Waals surface area contributed by atoms with Crippen LogP contribution < -0.4 is 10.2 Å². The van der Waals surface area contributed by atoms with Crippen LogP contribution in [-0.4, -0.2) is 28.9 Å². The van der Waals surface area contributed by atoms with Gasteiger partial charge in [0.25, 0.3) is 0 Å². The Morgan fingerprint density at radius 3 is 2.79 bits per heavy atom. The fourth-order valence-corrected chi connectivity index (χ4v) is 1.55. The van der Waals surface area contributed by atoms with Gasteiger partial charge in [-0.05, 0) is 25.1 Å². The number of carbonyl (C=O) groups is 1. The molecule has 0 fully saturated rings. The summed E-state index contributed by atoms with van der Waals surface area (Å²) in [6.45, 7) is 1.68. The highest BCUT2D eigenvalue weighted by Crippen LogP contribution is 2.19. The standard InChI is InChI=1S/C13H12O6/c1-7(14)6-18-8-2-3-11-9(4-8)10(15)5-12(19-11)13(16)17/h2-5,7,14H,6H2,1H3,(H,16,17). The fourth-order valence-electron chi connectivity index (χ4n) is 1.55. The van der Waals surface area contributed by atoms with Crippen molar-refractivity contribution in [2.75, 3.05) is 6.61 Å². The average molecular weight is 264 g/mol. The molecule has 1 atom stereocenters. The fraction of sp³-hybridized carbons (Fsp3) is 0.231. The van der Waals surface area contributed by atoms with E-state index in [0.29, 0.717) is 5.75 Å². The zero-order valence-corrected chi connectivity index (χ0v) is 10.1. The lowest BCUT2D eigenvalue weighted by Gasteiger charge is -2.08. The van der Waals surface area contributed by atoms with E-state index in [1.165, 1.54) is 12.1 Å². The van der Waals surface area contributed by atoms with E-state index >= 15 is 0 Å². The zero-order valence-electron chi connectivity index (χ0n) is 10.1. The van der Waals surface area contributed by atoms with Crippen LogP contribution in [0.1, 0.15) is 17.5 Å². The Kier molecular flexibility index (Phi) is 3.52. The molecule has 0 radical (unpaired) electrons. The highest BCUT2D eigenvalue weighted by molar-refractivity contribution is 5.87. The summed E-state index contributed by atoms with van der Waals surface area (Å²) in [6.07, 6.45) is -0.624. The first kappa shape index (κ1) is 13.1. The van der Waals surface area contributed by atoms with E-state index in [2.05, 4.69) is 0 Å². The minimum atomic E-state index is -1.30. The van der Waals surface area contributed by atoms with Gasteiger partial charge in [-0.1, -0.05) is 0 Å². The second-order valence-electron chi connectivity index (χ2n) is 4.10. The highest BCUT2D eigenvalue weighted by atomic mass is 16.5. The Morgan fingerprint density at radius 2 is 2.16 bits per heavy atom. The quantitative estimate of drug-likeness (QED) is 0.862. The van der Waals surface area contributed by atoms with E-state index in [9.17, 15) is 9.59 Å². The van der Waals surface area contributed by atoms with Crippen LogP contribution in [0.2, 0.25) is 0 Å². The largest absolute Gasteiger partial charge is 0.491 e. The van der Waals surface area contributed by atoms with Crippen molar-refractivity contribution in [2.45, 2.75) is 13.0 Å². The summed E-state index contributed by atoms with van der Waals surface area (Å²) in [7, 11) is 0. The molecule has 0 spiro atoms.